The monoisotopic (exact) mass is 490 g/mol. The van der Waals surface area contributed by atoms with Gasteiger partial charge in [-0.3, -0.25) is 4.79 Å². The van der Waals surface area contributed by atoms with E-state index in [-0.39, 0.29) is 29.4 Å². The lowest BCUT2D eigenvalue weighted by atomic mass is 9.85. The van der Waals surface area contributed by atoms with Crippen molar-refractivity contribution in [1.82, 2.24) is 0 Å². The average molecular weight is 491 g/mol. The normalized spacial score (nSPS) is 12.8. The van der Waals surface area contributed by atoms with Crippen LogP contribution in [-0.4, -0.2) is 28.5 Å². The summed E-state index contributed by atoms with van der Waals surface area (Å²) in [6.45, 7) is 8.26. The summed E-state index contributed by atoms with van der Waals surface area (Å²) in [5.41, 5.74) is 2.78. The Labute approximate surface area is 204 Å². The lowest BCUT2D eigenvalue weighted by Crippen LogP contribution is -2.21. The molecule has 2 aromatic rings. The summed E-state index contributed by atoms with van der Waals surface area (Å²) < 4.78 is 34.1. The second kappa shape index (κ2) is 11.7. The Morgan fingerprint density at radius 1 is 1.09 bits per heavy atom. The van der Waals surface area contributed by atoms with Crippen molar-refractivity contribution in [3.8, 4) is 11.5 Å². The number of carbonyl (C=O) groups excluding carboxylic acids is 1. The van der Waals surface area contributed by atoms with Gasteiger partial charge in [-0.05, 0) is 46.6 Å². The van der Waals surface area contributed by atoms with Crippen LogP contribution in [0.25, 0.3) is 0 Å². The van der Waals surface area contributed by atoms with E-state index in [1.54, 1.807) is 26.4 Å². The lowest BCUT2D eigenvalue weighted by molar-refractivity contribution is -0.116. The van der Waals surface area contributed by atoms with E-state index in [4.69, 9.17) is 14.6 Å². The first-order valence-corrected chi connectivity index (χ1v) is 13.2. The molecule has 8 heteroatoms. The molecule has 7 nitrogen and oxygen atoms in total. The van der Waals surface area contributed by atoms with Gasteiger partial charge in [0.05, 0.1) is 20.0 Å². The summed E-state index contributed by atoms with van der Waals surface area (Å²) in [6, 6.07) is 11.0. The van der Waals surface area contributed by atoms with Crippen molar-refractivity contribution >= 4 is 21.6 Å². The highest BCUT2D eigenvalue weighted by Crippen LogP contribution is 2.36. The Morgan fingerprint density at radius 3 is 2.35 bits per heavy atom. The Morgan fingerprint density at radius 2 is 1.79 bits per heavy atom. The maximum Gasteiger partial charge on any atom is 0.224 e. The second-order valence-electron chi connectivity index (χ2n) is 9.64. The number of ether oxygens (including phenoxy) is 2. The highest BCUT2D eigenvalue weighted by Gasteiger charge is 2.23. The molecule has 1 atom stereocenters. The summed E-state index contributed by atoms with van der Waals surface area (Å²) in [4.78, 5) is 13.2. The van der Waals surface area contributed by atoms with Crippen LogP contribution in [0.4, 0.5) is 5.69 Å². The maximum atomic E-state index is 13.2. The molecule has 34 heavy (non-hydrogen) atoms. The molecule has 0 bridgehead atoms. The van der Waals surface area contributed by atoms with Gasteiger partial charge in [-0.2, -0.15) is 0 Å². The first kappa shape index (κ1) is 27.7. The number of anilines is 1. The van der Waals surface area contributed by atoms with Crippen LogP contribution in [0.5, 0.6) is 11.5 Å². The van der Waals surface area contributed by atoms with Crippen molar-refractivity contribution in [1.29, 1.82) is 0 Å². The fourth-order valence-corrected chi connectivity index (χ4v) is 4.71. The molecular formula is C26H38N2O5S. The van der Waals surface area contributed by atoms with Gasteiger partial charge >= 0.3 is 0 Å². The zero-order valence-corrected chi connectivity index (χ0v) is 21.9. The third-order valence-corrected chi connectivity index (χ3v) is 6.49. The van der Waals surface area contributed by atoms with Crippen molar-refractivity contribution in [2.45, 2.75) is 70.5 Å². The molecule has 0 heterocycles. The fraction of sp³-hybridized carbons (Fsp3) is 0.500. The molecule has 188 valence electrons. The number of unbranched alkanes of at least 4 members (excludes halogenated alkanes) is 1. The topological polar surface area (TPSA) is 108 Å². The zero-order valence-electron chi connectivity index (χ0n) is 21.1. The smallest absolute Gasteiger partial charge is 0.224 e. The van der Waals surface area contributed by atoms with Crippen molar-refractivity contribution in [2.75, 3.05) is 19.5 Å². The number of amides is 1. The summed E-state index contributed by atoms with van der Waals surface area (Å²) in [5, 5.41) is 8.27. The van der Waals surface area contributed by atoms with Crippen LogP contribution in [0.2, 0.25) is 0 Å². The van der Waals surface area contributed by atoms with Crippen LogP contribution in [0, 0.1) is 0 Å². The van der Waals surface area contributed by atoms with Crippen LogP contribution in [0.1, 0.15) is 76.0 Å². The minimum atomic E-state index is -3.69. The van der Waals surface area contributed by atoms with E-state index in [0.717, 1.165) is 30.4 Å². The molecule has 0 aromatic heterocycles. The average Bonchev–Trinajstić information content (AvgIpc) is 2.74. The molecule has 2 rings (SSSR count). The molecular weight excluding hydrogens is 452 g/mol. The van der Waals surface area contributed by atoms with Crippen molar-refractivity contribution in [3.05, 3.63) is 53.1 Å². The van der Waals surface area contributed by atoms with Gasteiger partial charge in [0.2, 0.25) is 15.9 Å². The molecule has 0 saturated carbocycles. The van der Waals surface area contributed by atoms with Gasteiger partial charge in [0.25, 0.3) is 0 Å². The quantitative estimate of drug-likeness (QED) is 0.456. The number of primary sulfonamides is 1. The van der Waals surface area contributed by atoms with Gasteiger partial charge in [0, 0.05) is 18.2 Å². The standard InChI is InChI=1S/C26H38N2O5S/c1-7-8-9-19(21-12-11-20(32-5)16-24(21)33-6)15-25(29)28-23-14-18(17-34(27,30)31)10-13-22(23)26(2,3)4/h10-14,16,19H,7-9,15,17H2,1-6H3,(H,28,29)(H2,27,30,31). The third-order valence-electron chi connectivity index (χ3n) is 5.75. The summed E-state index contributed by atoms with van der Waals surface area (Å²) in [7, 11) is -0.469. The minimum absolute atomic E-state index is 0.0357. The van der Waals surface area contributed by atoms with Gasteiger partial charge < -0.3 is 14.8 Å². The minimum Gasteiger partial charge on any atom is -0.497 e. The number of hydrogen-bond donors (Lipinski definition) is 2. The predicted octanol–water partition coefficient (Wildman–Crippen LogP) is 5.09. The highest BCUT2D eigenvalue weighted by molar-refractivity contribution is 7.88. The van der Waals surface area contributed by atoms with Crippen molar-refractivity contribution in [2.24, 2.45) is 5.14 Å². The van der Waals surface area contributed by atoms with E-state index in [1.807, 2.05) is 45.0 Å². The van der Waals surface area contributed by atoms with Crippen LogP contribution < -0.4 is 19.9 Å². The molecule has 0 saturated heterocycles. The zero-order chi connectivity index (χ0) is 25.5. The van der Waals surface area contributed by atoms with Gasteiger partial charge in [-0.15, -0.1) is 0 Å². The third kappa shape index (κ3) is 8.02. The lowest BCUT2D eigenvalue weighted by Gasteiger charge is -2.25. The van der Waals surface area contributed by atoms with E-state index in [9.17, 15) is 13.2 Å². The van der Waals surface area contributed by atoms with Crippen LogP contribution in [0.15, 0.2) is 36.4 Å². The van der Waals surface area contributed by atoms with Gasteiger partial charge in [-0.1, -0.05) is 58.7 Å². The molecule has 0 spiro atoms. The summed E-state index contributed by atoms with van der Waals surface area (Å²) in [5.74, 6) is 0.922. The van der Waals surface area contributed by atoms with Crippen LogP contribution >= 0.6 is 0 Å². The predicted molar refractivity (Wildman–Crippen MR) is 137 cm³/mol. The van der Waals surface area contributed by atoms with Gasteiger partial charge in [0.15, 0.2) is 0 Å². The molecule has 2 aromatic carbocycles. The van der Waals surface area contributed by atoms with Gasteiger partial charge in [0.1, 0.15) is 11.5 Å². The van der Waals surface area contributed by atoms with E-state index in [2.05, 4.69) is 12.2 Å². The molecule has 0 aliphatic carbocycles. The van der Waals surface area contributed by atoms with Crippen LogP contribution in [-0.2, 0) is 26.0 Å². The van der Waals surface area contributed by atoms with Gasteiger partial charge in [-0.25, -0.2) is 13.6 Å². The number of carbonyl (C=O) groups is 1. The Kier molecular flexibility index (Phi) is 9.53. The second-order valence-corrected chi connectivity index (χ2v) is 11.3. The number of methoxy groups -OCH3 is 2. The molecule has 0 aliphatic rings. The molecule has 0 radical (unpaired) electrons. The van der Waals surface area contributed by atoms with E-state index < -0.39 is 10.0 Å². The van der Waals surface area contributed by atoms with E-state index in [0.29, 0.717) is 22.7 Å². The summed E-state index contributed by atoms with van der Waals surface area (Å²) in [6.07, 6.45) is 3.10. The van der Waals surface area contributed by atoms with Crippen molar-refractivity contribution in [3.63, 3.8) is 0 Å². The maximum absolute atomic E-state index is 13.2. The fourth-order valence-electron chi connectivity index (χ4n) is 4.07. The number of benzene rings is 2. The first-order valence-electron chi connectivity index (χ1n) is 11.5. The molecule has 0 fully saturated rings. The highest BCUT2D eigenvalue weighted by atomic mass is 32.2. The van der Waals surface area contributed by atoms with E-state index >= 15 is 0 Å². The van der Waals surface area contributed by atoms with Crippen LogP contribution in [0.3, 0.4) is 0 Å². The van der Waals surface area contributed by atoms with E-state index in [1.165, 1.54) is 0 Å². The number of rotatable bonds is 11. The Balaban J connectivity index is 2.36. The summed E-state index contributed by atoms with van der Waals surface area (Å²) >= 11 is 0. The number of sulfonamides is 1. The SMILES string of the molecule is CCCCC(CC(=O)Nc1cc(CS(N)(=O)=O)ccc1C(C)(C)C)c1ccc(OC)cc1OC. The first-order chi connectivity index (χ1) is 15.9. The Bertz CT molecular complexity index is 1090. The molecule has 1 unspecified atom stereocenters. The number of hydrogen-bond acceptors (Lipinski definition) is 5. The molecule has 0 aliphatic heterocycles. The molecule has 1 amide bonds. The largest absolute Gasteiger partial charge is 0.497 e. The van der Waals surface area contributed by atoms with Crippen molar-refractivity contribution < 1.29 is 22.7 Å². The Hall–Kier alpha value is -2.58. The number of nitrogens with one attached hydrogen (secondary N) is 1. The number of nitrogens with two attached hydrogens (primary N) is 1. The molecule has 3 N–H and O–H groups in total.